The smallest absolute Gasteiger partial charge is 0.328 e. The van der Waals surface area contributed by atoms with E-state index in [9.17, 15) is 19.8 Å². The molecule has 0 aliphatic heterocycles. The second-order valence-corrected chi connectivity index (χ2v) is 11.3. The number of rotatable bonds is 12. The van der Waals surface area contributed by atoms with Crippen molar-refractivity contribution in [3.05, 3.63) is 69.8 Å². The lowest BCUT2D eigenvalue weighted by Crippen LogP contribution is -2.49. The summed E-state index contributed by atoms with van der Waals surface area (Å²) in [7, 11) is 0. The lowest BCUT2D eigenvalue weighted by molar-refractivity contribution is -0.143. The summed E-state index contributed by atoms with van der Waals surface area (Å²) in [5.41, 5.74) is 4.00. The van der Waals surface area contributed by atoms with Gasteiger partial charge in [-0.15, -0.1) is 0 Å². The number of hydrogen-bond donors (Lipinski definition) is 3. The fourth-order valence-corrected chi connectivity index (χ4v) is 5.54. The number of nitrogens with one attached hydrogen (secondary N) is 1. The molecule has 0 saturated carbocycles. The molecule has 2 aromatic carbocycles. The van der Waals surface area contributed by atoms with Gasteiger partial charge in [0.1, 0.15) is 5.54 Å². The number of benzene rings is 2. The van der Waals surface area contributed by atoms with E-state index in [4.69, 9.17) is 0 Å². The Morgan fingerprint density at radius 2 is 1.38 bits per heavy atom. The highest BCUT2D eigenvalue weighted by Gasteiger charge is 2.34. The van der Waals surface area contributed by atoms with E-state index < -0.39 is 17.1 Å². The summed E-state index contributed by atoms with van der Waals surface area (Å²) in [5.74, 6) is -1.29. The summed E-state index contributed by atoms with van der Waals surface area (Å²) in [6.07, 6.45) is 4.14. The molecule has 0 saturated heterocycles. The minimum absolute atomic E-state index is 0.168. The van der Waals surface area contributed by atoms with Gasteiger partial charge in [-0.1, -0.05) is 65.0 Å². The van der Waals surface area contributed by atoms with Crippen molar-refractivity contribution in [3.63, 3.8) is 0 Å². The summed E-state index contributed by atoms with van der Waals surface area (Å²) >= 11 is 0. The van der Waals surface area contributed by atoms with Crippen LogP contribution in [0, 0.1) is 19.8 Å². The van der Waals surface area contributed by atoms with Gasteiger partial charge in [-0.25, -0.2) is 4.79 Å². The number of aryl methyl sites for hydroxylation is 2. The monoisotopic (exact) mass is 509 g/mol. The highest BCUT2D eigenvalue weighted by Crippen LogP contribution is 2.40. The number of carboxylic acid groups (broad SMARTS) is 1. The lowest BCUT2D eigenvalue weighted by Gasteiger charge is -2.35. The zero-order valence-electron chi connectivity index (χ0n) is 24.3. The first-order chi connectivity index (χ1) is 17.2. The van der Waals surface area contributed by atoms with Crippen LogP contribution in [0.15, 0.2) is 36.4 Å². The summed E-state index contributed by atoms with van der Waals surface area (Å²) in [5, 5.41) is 23.0. The molecule has 0 radical (unpaired) electrons. The molecule has 0 heterocycles. The van der Waals surface area contributed by atoms with Crippen LogP contribution in [0.4, 0.5) is 0 Å². The van der Waals surface area contributed by atoms with E-state index in [0.29, 0.717) is 5.56 Å². The Morgan fingerprint density at radius 1 is 0.865 bits per heavy atom. The van der Waals surface area contributed by atoms with Gasteiger partial charge in [0.05, 0.1) is 5.60 Å². The van der Waals surface area contributed by atoms with Gasteiger partial charge in [-0.3, -0.25) is 4.79 Å². The Kier molecular flexibility index (Phi) is 9.75. The molecule has 2 rings (SSSR count). The lowest BCUT2D eigenvalue weighted by atomic mass is 9.69. The first-order valence-electron chi connectivity index (χ1n) is 13.7. The molecule has 0 aliphatic carbocycles. The summed E-state index contributed by atoms with van der Waals surface area (Å²) < 4.78 is 0. The first-order valence-corrected chi connectivity index (χ1v) is 13.7. The van der Waals surface area contributed by atoms with E-state index in [-0.39, 0.29) is 17.2 Å². The van der Waals surface area contributed by atoms with Gasteiger partial charge in [0.25, 0.3) is 5.91 Å². The minimum Gasteiger partial charge on any atom is -0.480 e. The molecule has 37 heavy (non-hydrogen) atoms. The van der Waals surface area contributed by atoms with Crippen molar-refractivity contribution in [2.75, 3.05) is 0 Å². The zero-order valence-corrected chi connectivity index (χ0v) is 24.3. The van der Waals surface area contributed by atoms with Gasteiger partial charge in [0, 0.05) is 11.0 Å². The van der Waals surface area contributed by atoms with Crippen molar-refractivity contribution >= 4 is 11.9 Å². The predicted octanol–water partition coefficient (Wildman–Crippen LogP) is 6.73. The highest BCUT2D eigenvalue weighted by atomic mass is 16.4. The number of aliphatic carboxylic acids is 1. The van der Waals surface area contributed by atoms with Crippen LogP contribution in [0.3, 0.4) is 0 Å². The molecule has 2 aromatic rings. The van der Waals surface area contributed by atoms with Gasteiger partial charge >= 0.3 is 5.97 Å². The maximum atomic E-state index is 12.8. The van der Waals surface area contributed by atoms with Crippen LogP contribution in [0.25, 0.3) is 0 Å². The molecule has 1 unspecified atom stereocenters. The molecule has 5 nitrogen and oxygen atoms in total. The van der Waals surface area contributed by atoms with Crippen molar-refractivity contribution in [1.29, 1.82) is 0 Å². The number of carbonyl (C=O) groups is 2. The normalized spacial score (nSPS) is 13.4. The predicted molar refractivity (Wildman–Crippen MR) is 151 cm³/mol. The van der Waals surface area contributed by atoms with Gasteiger partial charge in [0.15, 0.2) is 0 Å². The SMILES string of the molecule is CCC(CC)(c1ccc(CC(C)C(O)(CC)CC)c(C)c1)c1ccc(C(=O)NC(C)(C)C(=O)O)c(C)c1. The third kappa shape index (κ3) is 6.26. The summed E-state index contributed by atoms with van der Waals surface area (Å²) in [4.78, 5) is 24.3. The van der Waals surface area contributed by atoms with Gasteiger partial charge < -0.3 is 15.5 Å². The molecule has 0 spiro atoms. The van der Waals surface area contributed by atoms with E-state index in [1.807, 2.05) is 19.1 Å². The van der Waals surface area contributed by atoms with E-state index >= 15 is 0 Å². The fraction of sp³-hybridized carbons (Fsp3) is 0.562. The number of amides is 1. The van der Waals surface area contributed by atoms with Crippen molar-refractivity contribution in [2.24, 2.45) is 5.92 Å². The molecule has 0 fully saturated rings. The molecule has 5 heteroatoms. The Hall–Kier alpha value is -2.66. The molecule has 1 amide bonds. The summed E-state index contributed by atoms with van der Waals surface area (Å²) in [6.45, 7) is 17.7. The summed E-state index contributed by atoms with van der Waals surface area (Å²) in [6, 6.07) is 12.6. The number of hydrogen-bond acceptors (Lipinski definition) is 3. The molecule has 0 bridgehead atoms. The quantitative estimate of drug-likeness (QED) is 0.296. The van der Waals surface area contributed by atoms with E-state index in [1.54, 1.807) is 0 Å². The Balaban J connectivity index is 2.43. The Bertz CT molecular complexity index is 1110. The van der Waals surface area contributed by atoms with Crippen LogP contribution >= 0.6 is 0 Å². The second kappa shape index (κ2) is 11.8. The molecule has 0 aromatic heterocycles. The maximum absolute atomic E-state index is 12.8. The standard InChI is InChI=1S/C32H47NO4/c1-10-31(11-2,25-15-14-24(21(5)18-25)20-23(7)32(37,12-3)13-4)26-16-17-27(22(6)19-26)28(34)33-30(8,9)29(35)36/h14-19,23,37H,10-13,20H2,1-9H3,(H,33,34)(H,35,36). The van der Waals surface area contributed by atoms with Crippen molar-refractivity contribution in [1.82, 2.24) is 5.32 Å². The fourth-order valence-electron chi connectivity index (χ4n) is 5.54. The zero-order chi connectivity index (χ0) is 28.2. The third-order valence-corrected chi connectivity index (χ3v) is 8.75. The number of carboxylic acids is 1. The third-order valence-electron chi connectivity index (χ3n) is 8.75. The van der Waals surface area contributed by atoms with Crippen molar-refractivity contribution in [3.8, 4) is 0 Å². The van der Waals surface area contributed by atoms with Crippen LogP contribution < -0.4 is 5.32 Å². The van der Waals surface area contributed by atoms with Crippen LogP contribution in [0.2, 0.25) is 0 Å². The van der Waals surface area contributed by atoms with Crippen LogP contribution in [0.1, 0.15) is 112 Å². The highest BCUT2D eigenvalue weighted by molar-refractivity contribution is 5.98. The van der Waals surface area contributed by atoms with Crippen molar-refractivity contribution < 1.29 is 19.8 Å². The largest absolute Gasteiger partial charge is 0.480 e. The number of aliphatic hydroxyl groups is 1. The molecule has 3 N–H and O–H groups in total. The first kappa shape index (κ1) is 30.6. The average molecular weight is 510 g/mol. The second-order valence-electron chi connectivity index (χ2n) is 11.3. The van der Waals surface area contributed by atoms with Gasteiger partial charge in [0.2, 0.25) is 0 Å². The molecular weight excluding hydrogens is 462 g/mol. The topological polar surface area (TPSA) is 86.6 Å². The molecule has 204 valence electrons. The molecular formula is C32H47NO4. The van der Waals surface area contributed by atoms with Gasteiger partial charge in [-0.05, 0) is 99.6 Å². The van der Waals surface area contributed by atoms with Crippen molar-refractivity contribution in [2.45, 2.75) is 111 Å². The Morgan fingerprint density at radius 3 is 1.81 bits per heavy atom. The van der Waals surface area contributed by atoms with Crippen LogP contribution in [0.5, 0.6) is 0 Å². The average Bonchev–Trinajstić information content (AvgIpc) is 2.85. The Labute approximate surface area is 223 Å². The van der Waals surface area contributed by atoms with E-state index in [2.05, 4.69) is 71.1 Å². The molecule has 0 aliphatic rings. The minimum atomic E-state index is -1.35. The van der Waals surface area contributed by atoms with Gasteiger partial charge in [-0.2, -0.15) is 0 Å². The van der Waals surface area contributed by atoms with E-state index in [0.717, 1.165) is 43.2 Å². The number of carbonyl (C=O) groups excluding carboxylic acids is 1. The molecule has 1 atom stereocenters. The maximum Gasteiger partial charge on any atom is 0.328 e. The van der Waals surface area contributed by atoms with Crippen LogP contribution in [-0.4, -0.2) is 33.2 Å². The van der Waals surface area contributed by atoms with Crippen LogP contribution in [-0.2, 0) is 16.6 Å². The van der Waals surface area contributed by atoms with E-state index in [1.165, 1.54) is 30.5 Å².